The molecule has 1 N–H and O–H groups in total. The summed E-state index contributed by atoms with van der Waals surface area (Å²) in [6.07, 6.45) is 0. The number of rotatable bonds is 6. The first-order chi connectivity index (χ1) is 12.9. The molecule has 0 atom stereocenters. The maximum Gasteiger partial charge on any atom is 0.361 e. The van der Waals surface area contributed by atoms with Crippen molar-refractivity contribution in [2.24, 2.45) is 0 Å². The Balaban J connectivity index is 2.16. The van der Waals surface area contributed by atoms with Crippen molar-refractivity contribution in [1.82, 2.24) is 15.0 Å². The zero-order chi connectivity index (χ0) is 20.0. The zero-order valence-corrected chi connectivity index (χ0v) is 14.7. The number of nitrogens with zero attached hydrogens (tertiary/aromatic N) is 3. The Morgan fingerprint density at radius 2 is 1.52 bits per heavy atom. The molecule has 0 bridgehead atoms. The molecule has 11 nitrogen and oxygen atoms in total. The molecule has 11 heteroatoms. The highest BCUT2D eigenvalue weighted by atomic mass is 16.5. The van der Waals surface area contributed by atoms with Crippen LogP contribution in [0.2, 0.25) is 0 Å². The third-order valence-corrected chi connectivity index (χ3v) is 3.38. The summed E-state index contributed by atoms with van der Waals surface area (Å²) in [5.74, 6) is -2.84. The molecule has 0 saturated heterocycles. The Kier molecular flexibility index (Phi) is 6.20. The second kappa shape index (κ2) is 8.56. The lowest BCUT2D eigenvalue weighted by Crippen LogP contribution is -2.23. The van der Waals surface area contributed by atoms with Crippen molar-refractivity contribution in [2.75, 3.05) is 26.6 Å². The quantitative estimate of drug-likeness (QED) is 0.556. The number of anilines is 1. The molecule has 142 valence electrons. The maximum absolute atomic E-state index is 12.2. The number of hydrogen-bond acceptors (Lipinski definition) is 9. The van der Waals surface area contributed by atoms with Gasteiger partial charge in [-0.3, -0.25) is 4.79 Å². The van der Waals surface area contributed by atoms with Gasteiger partial charge in [0, 0.05) is 5.69 Å². The number of carbonyl (C=O) groups excluding carboxylic acids is 4. The second-order valence-electron chi connectivity index (χ2n) is 5.04. The summed E-state index contributed by atoms with van der Waals surface area (Å²) in [7, 11) is 3.49. The number of aromatic nitrogens is 3. The average Bonchev–Trinajstić information content (AvgIpc) is 3.09. The molecule has 1 heterocycles. The van der Waals surface area contributed by atoms with E-state index in [0.717, 1.165) is 18.9 Å². The van der Waals surface area contributed by atoms with Crippen molar-refractivity contribution in [3.63, 3.8) is 0 Å². The highest BCUT2D eigenvalue weighted by Crippen LogP contribution is 2.12. The molecule has 2 rings (SSSR count). The van der Waals surface area contributed by atoms with Gasteiger partial charge < -0.3 is 19.5 Å². The van der Waals surface area contributed by atoms with Crippen molar-refractivity contribution in [3.05, 3.63) is 41.2 Å². The van der Waals surface area contributed by atoms with E-state index in [4.69, 9.17) is 0 Å². The molecule has 0 aliphatic carbocycles. The monoisotopic (exact) mass is 376 g/mol. The van der Waals surface area contributed by atoms with Gasteiger partial charge in [0.1, 0.15) is 6.54 Å². The Labute approximate surface area is 153 Å². The lowest BCUT2D eigenvalue weighted by Gasteiger charge is -2.08. The Morgan fingerprint density at radius 1 is 0.926 bits per heavy atom. The summed E-state index contributed by atoms with van der Waals surface area (Å²) in [5, 5.41) is 9.75. The topological polar surface area (TPSA) is 139 Å². The molecule has 0 radical (unpaired) electrons. The van der Waals surface area contributed by atoms with Crippen LogP contribution in [0.3, 0.4) is 0 Å². The van der Waals surface area contributed by atoms with Crippen LogP contribution in [0.1, 0.15) is 31.3 Å². The molecule has 1 aromatic carbocycles. The zero-order valence-electron chi connectivity index (χ0n) is 14.7. The van der Waals surface area contributed by atoms with Gasteiger partial charge in [-0.2, -0.15) is 0 Å². The first kappa shape index (κ1) is 19.6. The smallest absolute Gasteiger partial charge is 0.361 e. The largest absolute Gasteiger partial charge is 0.465 e. The molecule has 27 heavy (non-hydrogen) atoms. The van der Waals surface area contributed by atoms with Crippen LogP contribution in [0.5, 0.6) is 0 Å². The van der Waals surface area contributed by atoms with Crippen LogP contribution in [0.15, 0.2) is 24.3 Å². The first-order valence-electron chi connectivity index (χ1n) is 7.49. The Hall–Kier alpha value is -3.76. The highest BCUT2D eigenvalue weighted by Gasteiger charge is 2.27. The van der Waals surface area contributed by atoms with Gasteiger partial charge in [-0.25, -0.2) is 19.1 Å². The minimum absolute atomic E-state index is 0.305. The standard InChI is InChI=1S/C16H16N4O7/c1-25-14(22)9-4-6-10(7-5-9)17-11(21)8-20-13(16(24)27-3)12(18-19-20)15(23)26-2/h4-7H,8H2,1-3H3,(H,17,21). The minimum Gasteiger partial charge on any atom is -0.465 e. The number of ether oxygens (including phenoxy) is 3. The third-order valence-electron chi connectivity index (χ3n) is 3.38. The van der Waals surface area contributed by atoms with Crippen LogP contribution in [0.4, 0.5) is 5.69 Å². The van der Waals surface area contributed by atoms with E-state index in [-0.39, 0.29) is 11.4 Å². The lowest BCUT2D eigenvalue weighted by molar-refractivity contribution is -0.117. The Morgan fingerprint density at radius 3 is 2.07 bits per heavy atom. The number of hydrogen-bond donors (Lipinski definition) is 1. The molecule has 0 aliphatic rings. The maximum atomic E-state index is 12.2. The fourth-order valence-electron chi connectivity index (χ4n) is 2.10. The average molecular weight is 376 g/mol. The summed E-state index contributed by atoms with van der Waals surface area (Å²) in [4.78, 5) is 47.2. The van der Waals surface area contributed by atoms with Crippen LogP contribution in [0.25, 0.3) is 0 Å². The minimum atomic E-state index is -0.893. The van der Waals surface area contributed by atoms with Gasteiger partial charge in [0.25, 0.3) is 0 Å². The molecule has 1 aromatic heterocycles. The van der Waals surface area contributed by atoms with E-state index in [1.165, 1.54) is 31.4 Å². The summed E-state index contributed by atoms with van der Waals surface area (Å²) in [6, 6.07) is 5.97. The molecule has 0 unspecified atom stereocenters. The van der Waals surface area contributed by atoms with E-state index in [2.05, 4.69) is 29.8 Å². The summed E-state index contributed by atoms with van der Waals surface area (Å²) in [6.45, 7) is -0.410. The highest BCUT2D eigenvalue weighted by molar-refractivity contribution is 6.01. The molecule has 0 saturated carbocycles. The molecule has 1 amide bonds. The molecule has 2 aromatic rings. The van der Waals surface area contributed by atoms with E-state index >= 15 is 0 Å². The summed E-state index contributed by atoms with van der Waals surface area (Å²) in [5.41, 5.74) is 0.0585. The van der Waals surface area contributed by atoms with Gasteiger partial charge >= 0.3 is 17.9 Å². The summed E-state index contributed by atoms with van der Waals surface area (Å²) < 4.78 is 14.6. The fraction of sp³-hybridized carbons (Fsp3) is 0.250. The van der Waals surface area contributed by atoms with Crippen LogP contribution in [0, 0.1) is 0 Å². The first-order valence-corrected chi connectivity index (χ1v) is 7.49. The van der Waals surface area contributed by atoms with Crippen molar-refractivity contribution in [1.29, 1.82) is 0 Å². The van der Waals surface area contributed by atoms with Gasteiger partial charge in [-0.05, 0) is 24.3 Å². The number of carbonyl (C=O) groups is 4. The van der Waals surface area contributed by atoms with Gasteiger partial charge in [-0.15, -0.1) is 5.10 Å². The molecule has 0 fully saturated rings. The normalized spacial score (nSPS) is 10.0. The number of amides is 1. The van der Waals surface area contributed by atoms with Crippen molar-refractivity contribution in [3.8, 4) is 0 Å². The van der Waals surface area contributed by atoms with E-state index in [1.807, 2.05) is 0 Å². The predicted octanol–water partition coefficient (Wildman–Crippen LogP) is 0.277. The van der Waals surface area contributed by atoms with Crippen LogP contribution < -0.4 is 5.32 Å². The number of methoxy groups -OCH3 is 3. The lowest BCUT2D eigenvalue weighted by atomic mass is 10.2. The SMILES string of the molecule is COC(=O)c1ccc(NC(=O)Cn2nnc(C(=O)OC)c2C(=O)OC)cc1. The molecule has 0 aliphatic heterocycles. The number of benzene rings is 1. The Bertz CT molecular complexity index is 873. The van der Waals surface area contributed by atoms with Crippen LogP contribution in [-0.4, -0.2) is 60.1 Å². The van der Waals surface area contributed by atoms with Crippen molar-refractivity contribution >= 4 is 29.5 Å². The van der Waals surface area contributed by atoms with Gasteiger partial charge in [0.05, 0.1) is 26.9 Å². The predicted molar refractivity (Wildman–Crippen MR) is 89.1 cm³/mol. The van der Waals surface area contributed by atoms with Crippen molar-refractivity contribution in [2.45, 2.75) is 6.54 Å². The van der Waals surface area contributed by atoms with Crippen molar-refractivity contribution < 1.29 is 33.4 Å². The fourth-order valence-corrected chi connectivity index (χ4v) is 2.10. The third kappa shape index (κ3) is 4.45. The van der Waals surface area contributed by atoms with E-state index in [1.54, 1.807) is 0 Å². The van der Waals surface area contributed by atoms with Gasteiger partial charge in [-0.1, -0.05) is 5.21 Å². The van der Waals surface area contributed by atoms with Gasteiger partial charge in [0.2, 0.25) is 11.6 Å². The van der Waals surface area contributed by atoms with E-state index < -0.39 is 30.4 Å². The van der Waals surface area contributed by atoms with Gasteiger partial charge in [0.15, 0.2) is 5.69 Å². The van der Waals surface area contributed by atoms with Crippen LogP contribution in [-0.2, 0) is 25.5 Å². The molecule has 0 spiro atoms. The van der Waals surface area contributed by atoms with E-state index in [0.29, 0.717) is 11.3 Å². The number of esters is 3. The van der Waals surface area contributed by atoms with E-state index in [9.17, 15) is 19.2 Å². The summed E-state index contributed by atoms with van der Waals surface area (Å²) >= 11 is 0. The van der Waals surface area contributed by atoms with Crippen LogP contribution >= 0.6 is 0 Å². The number of nitrogens with one attached hydrogen (secondary N) is 1. The molecular formula is C16H16N4O7. The molecular weight excluding hydrogens is 360 g/mol. The second-order valence-corrected chi connectivity index (χ2v) is 5.04.